The minimum Gasteiger partial charge on any atom is -0.481 e. The molecule has 0 saturated heterocycles. The molecule has 0 atom stereocenters. The predicted molar refractivity (Wildman–Crippen MR) is 50.4 cm³/mol. The summed E-state index contributed by atoms with van der Waals surface area (Å²) in [7, 11) is 0. The van der Waals surface area contributed by atoms with E-state index in [0.717, 1.165) is 0 Å². The van der Waals surface area contributed by atoms with Gasteiger partial charge in [0.05, 0.1) is 6.42 Å². The Bertz CT molecular complexity index is 196. The Balaban J connectivity index is 3.96. The molecular formula is C8H16N2O4. The molecule has 6 heteroatoms. The van der Waals surface area contributed by atoms with Gasteiger partial charge in [-0.2, -0.15) is 0 Å². The van der Waals surface area contributed by atoms with E-state index in [9.17, 15) is 4.79 Å². The molecular weight excluding hydrogens is 188 g/mol. The van der Waals surface area contributed by atoms with E-state index >= 15 is 0 Å². The average molecular weight is 204 g/mol. The molecule has 0 spiro atoms. The molecule has 6 nitrogen and oxygen atoms in total. The van der Waals surface area contributed by atoms with Gasteiger partial charge in [0.25, 0.3) is 0 Å². The lowest BCUT2D eigenvalue weighted by molar-refractivity contribution is -0.224. The molecule has 0 aromatic carbocycles. The first-order valence-corrected chi connectivity index (χ1v) is 4.29. The molecule has 0 saturated carbocycles. The third-order valence-electron chi connectivity index (χ3n) is 1.69. The summed E-state index contributed by atoms with van der Waals surface area (Å²) in [4.78, 5) is 15.8. The van der Waals surface area contributed by atoms with Crippen LogP contribution >= 0.6 is 0 Å². The van der Waals surface area contributed by atoms with Crippen LogP contribution in [0.5, 0.6) is 0 Å². The molecule has 0 amide bonds. The van der Waals surface area contributed by atoms with Crippen LogP contribution in [0.25, 0.3) is 0 Å². The van der Waals surface area contributed by atoms with Gasteiger partial charge in [-0.3, -0.25) is 4.79 Å². The minimum atomic E-state index is -0.909. The first-order chi connectivity index (χ1) is 6.61. The summed E-state index contributed by atoms with van der Waals surface area (Å²) in [5.74, 6) is -0.867. The maximum Gasteiger partial charge on any atom is 0.305 e. The highest BCUT2D eigenvalue weighted by Gasteiger charge is 2.10. The van der Waals surface area contributed by atoms with Crippen LogP contribution in [0.1, 0.15) is 12.8 Å². The molecule has 0 aliphatic rings. The second-order valence-corrected chi connectivity index (χ2v) is 2.76. The summed E-state index contributed by atoms with van der Waals surface area (Å²) in [6, 6.07) is 0. The molecule has 14 heavy (non-hydrogen) atoms. The van der Waals surface area contributed by atoms with Crippen LogP contribution < -0.4 is 5.73 Å². The van der Waals surface area contributed by atoms with Crippen molar-refractivity contribution in [2.75, 3.05) is 19.6 Å². The SMILES string of the molecule is C=C(OO)N(CCCN)CCC(=O)O. The third kappa shape index (κ3) is 5.39. The van der Waals surface area contributed by atoms with Gasteiger partial charge in [-0.05, 0) is 19.5 Å². The molecule has 0 rings (SSSR count). The van der Waals surface area contributed by atoms with E-state index in [4.69, 9.17) is 16.1 Å². The van der Waals surface area contributed by atoms with E-state index in [0.29, 0.717) is 19.5 Å². The summed E-state index contributed by atoms with van der Waals surface area (Å²) in [5.41, 5.74) is 5.30. The lowest BCUT2D eigenvalue weighted by atomic mass is 10.3. The van der Waals surface area contributed by atoms with Crippen LogP contribution in [-0.4, -0.2) is 40.9 Å². The monoisotopic (exact) mass is 204 g/mol. The fourth-order valence-corrected chi connectivity index (χ4v) is 0.932. The number of carbonyl (C=O) groups is 1. The summed E-state index contributed by atoms with van der Waals surface area (Å²) in [6.07, 6.45) is 0.648. The third-order valence-corrected chi connectivity index (χ3v) is 1.69. The van der Waals surface area contributed by atoms with Gasteiger partial charge in [-0.15, -0.1) is 0 Å². The number of hydrogen-bond acceptors (Lipinski definition) is 5. The number of hydrogen-bond donors (Lipinski definition) is 3. The molecule has 0 unspecified atom stereocenters. The number of carboxylic acid groups (broad SMARTS) is 1. The molecule has 4 N–H and O–H groups in total. The van der Waals surface area contributed by atoms with Crippen molar-refractivity contribution < 1.29 is 20.0 Å². The maximum absolute atomic E-state index is 10.3. The van der Waals surface area contributed by atoms with Crippen LogP contribution in [0, 0.1) is 0 Å². The predicted octanol–water partition coefficient (Wildman–Crippen LogP) is 0.0727. The Morgan fingerprint density at radius 3 is 2.57 bits per heavy atom. The summed E-state index contributed by atoms with van der Waals surface area (Å²) in [6.45, 7) is 4.67. The van der Waals surface area contributed by atoms with Crippen molar-refractivity contribution in [2.45, 2.75) is 12.8 Å². The van der Waals surface area contributed by atoms with Crippen molar-refractivity contribution in [3.8, 4) is 0 Å². The molecule has 0 aromatic heterocycles. The largest absolute Gasteiger partial charge is 0.481 e. The molecule has 82 valence electrons. The smallest absolute Gasteiger partial charge is 0.305 e. The molecule has 0 fully saturated rings. The van der Waals surface area contributed by atoms with Crippen molar-refractivity contribution in [1.82, 2.24) is 4.90 Å². The fourth-order valence-electron chi connectivity index (χ4n) is 0.932. The van der Waals surface area contributed by atoms with Crippen LogP contribution in [-0.2, 0) is 9.68 Å². The Hall–Kier alpha value is -1.27. The van der Waals surface area contributed by atoms with Crippen molar-refractivity contribution in [3.63, 3.8) is 0 Å². The maximum atomic E-state index is 10.3. The summed E-state index contributed by atoms with van der Waals surface area (Å²) >= 11 is 0. The van der Waals surface area contributed by atoms with Gasteiger partial charge in [0.1, 0.15) is 0 Å². The molecule has 0 aliphatic heterocycles. The Morgan fingerprint density at radius 1 is 1.50 bits per heavy atom. The topological polar surface area (TPSA) is 96.0 Å². The highest BCUT2D eigenvalue weighted by Crippen LogP contribution is 2.04. The molecule has 0 bridgehead atoms. The van der Waals surface area contributed by atoms with E-state index in [2.05, 4.69) is 11.5 Å². The number of rotatable bonds is 8. The number of nitrogens with zero attached hydrogens (tertiary/aromatic N) is 1. The van der Waals surface area contributed by atoms with Gasteiger partial charge in [0.15, 0.2) is 0 Å². The molecule has 0 radical (unpaired) electrons. The van der Waals surface area contributed by atoms with Crippen LogP contribution in [0.3, 0.4) is 0 Å². The van der Waals surface area contributed by atoms with Crippen molar-refractivity contribution in [2.24, 2.45) is 5.73 Å². The quantitative estimate of drug-likeness (QED) is 0.294. The van der Waals surface area contributed by atoms with E-state index in [1.807, 2.05) is 0 Å². The zero-order valence-corrected chi connectivity index (χ0v) is 7.98. The van der Waals surface area contributed by atoms with Crippen molar-refractivity contribution >= 4 is 5.97 Å². The first-order valence-electron chi connectivity index (χ1n) is 4.29. The van der Waals surface area contributed by atoms with Gasteiger partial charge < -0.3 is 20.6 Å². The molecule has 0 heterocycles. The second-order valence-electron chi connectivity index (χ2n) is 2.76. The standard InChI is InChI=1S/C8H16N2O4/c1-7(14-13)10(5-2-4-9)6-3-8(11)12/h13H,1-6,9H2,(H,11,12). The van der Waals surface area contributed by atoms with Gasteiger partial charge in [-0.1, -0.05) is 0 Å². The average Bonchev–Trinajstić information content (AvgIpc) is 2.16. The minimum absolute atomic E-state index is 0.0348. The van der Waals surface area contributed by atoms with E-state index < -0.39 is 5.97 Å². The molecule has 0 aromatic rings. The summed E-state index contributed by atoms with van der Waals surface area (Å²) in [5, 5.41) is 16.8. The zero-order chi connectivity index (χ0) is 11.0. The Kier molecular flexibility index (Phi) is 6.51. The van der Waals surface area contributed by atoms with Gasteiger partial charge >= 0.3 is 5.97 Å². The number of aliphatic carboxylic acids is 1. The summed E-state index contributed by atoms with van der Waals surface area (Å²) < 4.78 is 0. The van der Waals surface area contributed by atoms with E-state index in [1.54, 1.807) is 0 Å². The van der Waals surface area contributed by atoms with E-state index in [-0.39, 0.29) is 18.8 Å². The highest BCUT2D eigenvalue weighted by atomic mass is 17.1. The highest BCUT2D eigenvalue weighted by molar-refractivity contribution is 5.66. The van der Waals surface area contributed by atoms with Gasteiger partial charge in [0.2, 0.25) is 5.88 Å². The van der Waals surface area contributed by atoms with Crippen LogP contribution in [0.4, 0.5) is 0 Å². The fraction of sp³-hybridized carbons (Fsp3) is 0.625. The zero-order valence-electron chi connectivity index (χ0n) is 7.98. The van der Waals surface area contributed by atoms with Crippen LogP contribution in [0.15, 0.2) is 12.5 Å². The van der Waals surface area contributed by atoms with Crippen LogP contribution in [0.2, 0.25) is 0 Å². The van der Waals surface area contributed by atoms with Gasteiger partial charge in [0, 0.05) is 13.1 Å². The molecule has 0 aliphatic carbocycles. The van der Waals surface area contributed by atoms with Gasteiger partial charge in [-0.25, -0.2) is 5.26 Å². The van der Waals surface area contributed by atoms with Crippen molar-refractivity contribution in [1.29, 1.82) is 0 Å². The number of nitrogens with two attached hydrogens (primary N) is 1. The first kappa shape index (κ1) is 12.7. The van der Waals surface area contributed by atoms with Crippen molar-refractivity contribution in [3.05, 3.63) is 12.5 Å². The number of carboxylic acids is 1. The second kappa shape index (κ2) is 7.16. The normalized spacial score (nSPS) is 9.57. The Morgan fingerprint density at radius 2 is 2.14 bits per heavy atom. The lowest BCUT2D eigenvalue weighted by Gasteiger charge is -2.22. The Labute approximate surface area is 82.5 Å². The lowest BCUT2D eigenvalue weighted by Crippen LogP contribution is -2.28. The van der Waals surface area contributed by atoms with E-state index in [1.165, 1.54) is 4.90 Å².